The maximum atomic E-state index is 11.7. The highest BCUT2D eigenvalue weighted by Gasteiger charge is 2.30. The summed E-state index contributed by atoms with van der Waals surface area (Å²) in [6.07, 6.45) is 5.58. The van der Waals surface area contributed by atoms with Crippen LogP contribution < -0.4 is 0 Å². The van der Waals surface area contributed by atoms with Crippen LogP contribution in [0.25, 0.3) is 0 Å². The van der Waals surface area contributed by atoms with Crippen molar-refractivity contribution in [1.29, 1.82) is 0 Å². The normalized spacial score (nSPS) is 14.9. The van der Waals surface area contributed by atoms with Gasteiger partial charge in [-0.2, -0.15) is 0 Å². The number of aromatic nitrogens is 1. The summed E-state index contributed by atoms with van der Waals surface area (Å²) in [6.45, 7) is 0.297. The number of hydrogen-bond donors (Lipinski definition) is 0. The number of ketones is 1. The van der Waals surface area contributed by atoms with Crippen molar-refractivity contribution in [2.45, 2.75) is 19.4 Å². The van der Waals surface area contributed by atoms with Crippen molar-refractivity contribution in [2.75, 3.05) is 14.1 Å². The third-order valence-electron chi connectivity index (χ3n) is 2.80. The first-order valence-electron chi connectivity index (χ1n) is 5.48. The zero-order chi connectivity index (χ0) is 11.7. The van der Waals surface area contributed by atoms with E-state index < -0.39 is 0 Å². The average Bonchev–Trinajstić information content (AvgIpc) is 2.98. The maximum Gasteiger partial charge on any atom is 0.241 e. The first-order chi connectivity index (χ1) is 7.58. The third kappa shape index (κ3) is 2.32. The van der Waals surface area contributed by atoms with Crippen molar-refractivity contribution in [1.82, 2.24) is 9.47 Å². The van der Waals surface area contributed by atoms with Gasteiger partial charge in [-0.3, -0.25) is 9.59 Å². The number of likely N-dealkylation sites (N-methyl/N-ethyl adjacent to an activating group) is 1. The van der Waals surface area contributed by atoms with E-state index in [2.05, 4.69) is 0 Å². The summed E-state index contributed by atoms with van der Waals surface area (Å²) in [7, 11) is 3.45. The molecule has 1 aromatic rings. The Labute approximate surface area is 94.8 Å². The Morgan fingerprint density at radius 2 is 2.12 bits per heavy atom. The molecule has 0 spiro atoms. The van der Waals surface area contributed by atoms with Gasteiger partial charge in [0.15, 0.2) is 5.78 Å². The molecule has 0 saturated heterocycles. The molecule has 1 aromatic heterocycles. The number of carbonyl (C=O) groups excluding carboxylic acids is 2. The Hall–Kier alpha value is -1.58. The van der Waals surface area contributed by atoms with Crippen molar-refractivity contribution in [2.24, 2.45) is 5.92 Å². The fourth-order valence-electron chi connectivity index (χ4n) is 1.56. The lowest BCUT2D eigenvalue weighted by Crippen LogP contribution is -2.25. The van der Waals surface area contributed by atoms with Crippen molar-refractivity contribution in [3.05, 3.63) is 24.0 Å². The van der Waals surface area contributed by atoms with Crippen molar-refractivity contribution < 1.29 is 9.59 Å². The van der Waals surface area contributed by atoms with E-state index in [1.165, 1.54) is 0 Å². The van der Waals surface area contributed by atoms with Crippen LogP contribution in [0.4, 0.5) is 0 Å². The Morgan fingerprint density at radius 3 is 2.69 bits per heavy atom. The van der Waals surface area contributed by atoms with Crippen LogP contribution in [0.15, 0.2) is 18.5 Å². The van der Waals surface area contributed by atoms with Gasteiger partial charge >= 0.3 is 0 Å². The molecule has 0 atom stereocenters. The van der Waals surface area contributed by atoms with E-state index >= 15 is 0 Å². The highest BCUT2D eigenvalue weighted by atomic mass is 16.2. The molecule has 1 heterocycles. The Balaban J connectivity index is 2.01. The number of carbonyl (C=O) groups is 2. The van der Waals surface area contributed by atoms with Crippen LogP contribution in [0.3, 0.4) is 0 Å². The van der Waals surface area contributed by atoms with Crippen molar-refractivity contribution in [3.63, 3.8) is 0 Å². The van der Waals surface area contributed by atoms with E-state index in [0.717, 1.165) is 18.4 Å². The Kier molecular flexibility index (Phi) is 2.81. The quantitative estimate of drug-likeness (QED) is 0.715. The molecule has 0 aliphatic heterocycles. The molecule has 4 nitrogen and oxygen atoms in total. The lowest BCUT2D eigenvalue weighted by Gasteiger charge is -2.10. The van der Waals surface area contributed by atoms with Gasteiger partial charge in [0.25, 0.3) is 0 Å². The first kappa shape index (κ1) is 10.9. The zero-order valence-corrected chi connectivity index (χ0v) is 9.64. The fourth-order valence-corrected chi connectivity index (χ4v) is 1.56. The lowest BCUT2D eigenvalue weighted by atomic mass is 10.1. The van der Waals surface area contributed by atoms with E-state index in [4.69, 9.17) is 0 Å². The van der Waals surface area contributed by atoms with Gasteiger partial charge in [0, 0.05) is 38.0 Å². The summed E-state index contributed by atoms with van der Waals surface area (Å²) in [5.74, 6) is 0.484. The van der Waals surface area contributed by atoms with E-state index in [1.807, 2.05) is 0 Å². The maximum absolute atomic E-state index is 11.7. The average molecular weight is 220 g/mol. The molecule has 0 aromatic carbocycles. The molecule has 16 heavy (non-hydrogen) atoms. The number of nitrogens with zero attached hydrogens (tertiary/aromatic N) is 2. The highest BCUT2D eigenvalue weighted by molar-refractivity contribution is 5.99. The van der Waals surface area contributed by atoms with Crippen LogP contribution >= 0.6 is 0 Å². The number of Topliss-reactive ketones (excluding diaryl/α,β-unsaturated/α-hetero) is 1. The van der Waals surface area contributed by atoms with E-state index in [1.54, 1.807) is 42.0 Å². The minimum absolute atomic E-state index is 0.0287. The van der Waals surface area contributed by atoms with Crippen LogP contribution in [-0.2, 0) is 11.3 Å². The molecule has 1 aliphatic carbocycles. The molecule has 1 aliphatic rings. The van der Waals surface area contributed by atoms with Crippen LogP contribution in [0.2, 0.25) is 0 Å². The van der Waals surface area contributed by atoms with Gasteiger partial charge in [-0.05, 0) is 18.9 Å². The van der Waals surface area contributed by atoms with Gasteiger partial charge in [0.05, 0.1) is 0 Å². The second-order valence-corrected chi connectivity index (χ2v) is 4.50. The standard InChI is InChI=1S/C12H16N2O2/c1-13(2)11(15)8-14-6-5-10(7-14)12(16)9-3-4-9/h5-7,9H,3-4,8H2,1-2H3. The molecule has 2 rings (SSSR count). The fraction of sp³-hybridized carbons (Fsp3) is 0.500. The van der Waals surface area contributed by atoms with Gasteiger partial charge in [-0.15, -0.1) is 0 Å². The summed E-state index contributed by atoms with van der Waals surface area (Å²) < 4.78 is 1.76. The first-order valence-corrected chi connectivity index (χ1v) is 5.48. The predicted octanol–water partition coefficient (Wildman–Crippen LogP) is 1.17. The summed E-state index contributed by atoms with van der Waals surface area (Å²) in [5.41, 5.74) is 0.731. The molecule has 0 radical (unpaired) electrons. The number of hydrogen-bond acceptors (Lipinski definition) is 2. The van der Waals surface area contributed by atoms with E-state index in [0.29, 0.717) is 6.54 Å². The van der Waals surface area contributed by atoms with E-state index in [9.17, 15) is 9.59 Å². The molecule has 86 valence electrons. The van der Waals surface area contributed by atoms with E-state index in [-0.39, 0.29) is 17.6 Å². The van der Waals surface area contributed by atoms with Crippen molar-refractivity contribution in [3.8, 4) is 0 Å². The molecule has 1 saturated carbocycles. The molecular formula is C12H16N2O2. The largest absolute Gasteiger partial charge is 0.347 e. The summed E-state index contributed by atoms with van der Waals surface area (Å²) >= 11 is 0. The topological polar surface area (TPSA) is 42.3 Å². The molecule has 0 unspecified atom stereocenters. The van der Waals surface area contributed by atoms with Crippen LogP contribution in [-0.4, -0.2) is 35.3 Å². The summed E-state index contributed by atoms with van der Waals surface area (Å²) in [6, 6.07) is 1.80. The lowest BCUT2D eigenvalue weighted by molar-refractivity contribution is -0.129. The van der Waals surface area contributed by atoms with Crippen LogP contribution in [0.5, 0.6) is 0 Å². The Bertz CT molecular complexity index is 416. The molecule has 1 fully saturated rings. The predicted molar refractivity (Wildman–Crippen MR) is 60.2 cm³/mol. The second kappa shape index (κ2) is 4.12. The molecule has 4 heteroatoms. The molecular weight excluding hydrogens is 204 g/mol. The highest BCUT2D eigenvalue weighted by Crippen LogP contribution is 2.32. The number of amides is 1. The SMILES string of the molecule is CN(C)C(=O)Cn1ccc(C(=O)C2CC2)c1. The molecule has 0 N–H and O–H groups in total. The molecule has 1 amide bonds. The minimum atomic E-state index is 0.0287. The van der Waals surface area contributed by atoms with Gasteiger partial charge in [0.2, 0.25) is 5.91 Å². The van der Waals surface area contributed by atoms with Gasteiger partial charge < -0.3 is 9.47 Å². The van der Waals surface area contributed by atoms with Crippen LogP contribution in [0.1, 0.15) is 23.2 Å². The Morgan fingerprint density at radius 1 is 1.44 bits per heavy atom. The van der Waals surface area contributed by atoms with Gasteiger partial charge in [0.1, 0.15) is 6.54 Å². The monoisotopic (exact) mass is 220 g/mol. The van der Waals surface area contributed by atoms with Gasteiger partial charge in [-0.25, -0.2) is 0 Å². The van der Waals surface area contributed by atoms with Crippen LogP contribution in [0, 0.1) is 5.92 Å². The summed E-state index contributed by atoms with van der Waals surface area (Å²) in [5, 5.41) is 0. The molecule has 0 bridgehead atoms. The second-order valence-electron chi connectivity index (χ2n) is 4.50. The summed E-state index contributed by atoms with van der Waals surface area (Å²) in [4.78, 5) is 24.7. The smallest absolute Gasteiger partial charge is 0.241 e. The van der Waals surface area contributed by atoms with Gasteiger partial charge in [-0.1, -0.05) is 0 Å². The zero-order valence-electron chi connectivity index (χ0n) is 9.64. The third-order valence-corrected chi connectivity index (χ3v) is 2.80. The minimum Gasteiger partial charge on any atom is -0.347 e. The number of rotatable bonds is 4. The van der Waals surface area contributed by atoms with Crippen molar-refractivity contribution >= 4 is 11.7 Å².